The van der Waals surface area contributed by atoms with Crippen LogP contribution in [0.3, 0.4) is 0 Å². The molecule has 1 heterocycles. The summed E-state index contributed by atoms with van der Waals surface area (Å²) in [5.41, 5.74) is 0.733. The summed E-state index contributed by atoms with van der Waals surface area (Å²) >= 11 is 0. The monoisotopic (exact) mass is 222 g/mol. The van der Waals surface area contributed by atoms with Crippen molar-refractivity contribution in [2.75, 3.05) is 13.2 Å². The molecule has 86 valence electrons. The molecule has 0 amide bonds. The Morgan fingerprint density at radius 3 is 3.12 bits per heavy atom. The molecule has 0 saturated heterocycles. The number of aliphatic carboxylic acids is 1. The smallest absolute Gasteiger partial charge is 0.314 e. The van der Waals surface area contributed by atoms with Crippen molar-refractivity contribution in [1.82, 2.24) is 0 Å². The fourth-order valence-electron chi connectivity index (χ4n) is 1.70. The lowest BCUT2D eigenvalue weighted by Crippen LogP contribution is -2.12. The van der Waals surface area contributed by atoms with Crippen LogP contribution in [0, 0.1) is 0 Å². The molecular weight excluding hydrogens is 208 g/mol. The Morgan fingerprint density at radius 1 is 1.62 bits per heavy atom. The zero-order valence-electron chi connectivity index (χ0n) is 9.10. The van der Waals surface area contributed by atoms with Gasteiger partial charge in [-0.25, -0.2) is 0 Å². The Hall–Kier alpha value is -1.71. The summed E-state index contributed by atoms with van der Waals surface area (Å²) in [7, 11) is 0. The lowest BCUT2D eigenvalue weighted by atomic mass is 10.0. The molecule has 0 bridgehead atoms. The highest BCUT2D eigenvalue weighted by Gasteiger charge is 2.30. The second kappa shape index (κ2) is 4.43. The lowest BCUT2D eigenvalue weighted by Gasteiger charge is -2.06. The Kier molecular flexibility index (Phi) is 2.99. The van der Waals surface area contributed by atoms with Gasteiger partial charge in [0.05, 0.1) is 6.61 Å². The zero-order chi connectivity index (χ0) is 11.5. The third kappa shape index (κ3) is 1.96. The first-order valence-electron chi connectivity index (χ1n) is 5.34. The summed E-state index contributed by atoms with van der Waals surface area (Å²) in [5, 5.41) is 8.96. The van der Waals surface area contributed by atoms with Gasteiger partial charge in [-0.3, -0.25) is 4.79 Å². The fourth-order valence-corrected chi connectivity index (χ4v) is 1.70. The molecule has 1 aliphatic rings. The molecule has 2 rings (SSSR count). The molecule has 0 saturated carbocycles. The highest BCUT2D eigenvalue weighted by atomic mass is 16.5. The van der Waals surface area contributed by atoms with Crippen LogP contribution in [0.5, 0.6) is 11.5 Å². The third-order valence-corrected chi connectivity index (χ3v) is 2.54. The molecule has 0 fully saturated rings. The van der Waals surface area contributed by atoms with Gasteiger partial charge >= 0.3 is 5.97 Å². The normalized spacial score (nSPS) is 17.7. The van der Waals surface area contributed by atoms with Gasteiger partial charge in [0.25, 0.3) is 0 Å². The van der Waals surface area contributed by atoms with Crippen LogP contribution in [0.2, 0.25) is 0 Å². The van der Waals surface area contributed by atoms with Gasteiger partial charge in [0.1, 0.15) is 24.0 Å². The van der Waals surface area contributed by atoms with Gasteiger partial charge in [0, 0.05) is 11.6 Å². The van der Waals surface area contributed by atoms with E-state index in [1.54, 1.807) is 18.2 Å². The van der Waals surface area contributed by atoms with E-state index < -0.39 is 11.9 Å². The molecule has 4 nitrogen and oxygen atoms in total. The highest BCUT2D eigenvalue weighted by molar-refractivity contribution is 5.78. The number of carbonyl (C=O) groups is 1. The van der Waals surface area contributed by atoms with Crippen molar-refractivity contribution in [2.45, 2.75) is 19.3 Å². The molecule has 0 aliphatic carbocycles. The van der Waals surface area contributed by atoms with Gasteiger partial charge < -0.3 is 14.6 Å². The van der Waals surface area contributed by atoms with Crippen molar-refractivity contribution in [1.29, 1.82) is 0 Å². The minimum Gasteiger partial charge on any atom is -0.493 e. The topological polar surface area (TPSA) is 55.8 Å². The first kappa shape index (κ1) is 10.8. The number of rotatable bonds is 4. The van der Waals surface area contributed by atoms with E-state index in [0.29, 0.717) is 12.4 Å². The maximum absolute atomic E-state index is 10.9. The van der Waals surface area contributed by atoms with Crippen LogP contribution in [0.25, 0.3) is 0 Å². The molecule has 4 heteroatoms. The van der Waals surface area contributed by atoms with Crippen LogP contribution in [0.15, 0.2) is 18.2 Å². The number of fused-ring (bicyclic) bond motifs is 1. The maximum Gasteiger partial charge on any atom is 0.314 e. The van der Waals surface area contributed by atoms with Crippen LogP contribution in [0.1, 0.15) is 24.8 Å². The molecule has 1 N–H and O–H groups in total. The van der Waals surface area contributed by atoms with Gasteiger partial charge in [-0.1, -0.05) is 13.0 Å². The van der Waals surface area contributed by atoms with E-state index in [4.69, 9.17) is 14.6 Å². The molecule has 0 radical (unpaired) electrons. The van der Waals surface area contributed by atoms with E-state index in [0.717, 1.165) is 17.7 Å². The van der Waals surface area contributed by atoms with E-state index in [2.05, 4.69) is 0 Å². The number of ether oxygens (including phenoxy) is 2. The van der Waals surface area contributed by atoms with Gasteiger partial charge in [0.15, 0.2) is 0 Å². The van der Waals surface area contributed by atoms with Crippen molar-refractivity contribution in [3.8, 4) is 11.5 Å². The summed E-state index contributed by atoms with van der Waals surface area (Å²) < 4.78 is 10.8. The first-order valence-corrected chi connectivity index (χ1v) is 5.34. The first-order chi connectivity index (χ1) is 7.72. The van der Waals surface area contributed by atoms with Crippen molar-refractivity contribution < 1.29 is 19.4 Å². The summed E-state index contributed by atoms with van der Waals surface area (Å²) in [6.07, 6.45) is 0.940. The van der Waals surface area contributed by atoms with Crippen LogP contribution in [-0.4, -0.2) is 24.3 Å². The Bertz CT molecular complexity index is 400. The van der Waals surface area contributed by atoms with Crippen molar-refractivity contribution in [3.05, 3.63) is 23.8 Å². The van der Waals surface area contributed by atoms with Gasteiger partial charge in [-0.05, 0) is 12.5 Å². The number of benzene rings is 1. The SMILES string of the molecule is CCCOc1ccc2c(c1)OCC2C(=O)O. The Balaban J connectivity index is 2.19. The van der Waals surface area contributed by atoms with Crippen LogP contribution >= 0.6 is 0 Å². The number of hydrogen-bond acceptors (Lipinski definition) is 3. The Morgan fingerprint density at radius 2 is 2.44 bits per heavy atom. The predicted molar refractivity (Wildman–Crippen MR) is 58.1 cm³/mol. The second-order valence-electron chi connectivity index (χ2n) is 3.75. The maximum atomic E-state index is 10.9. The minimum absolute atomic E-state index is 0.210. The average Bonchev–Trinajstić information content (AvgIpc) is 2.69. The molecular formula is C12H14O4. The summed E-state index contributed by atoms with van der Waals surface area (Å²) in [6.45, 7) is 2.90. The van der Waals surface area contributed by atoms with Gasteiger partial charge in [0.2, 0.25) is 0 Å². The molecule has 0 spiro atoms. The Labute approximate surface area is 93.8 Å². The largest absolute Gasteiger partial charge is 0.493 e. The predicted octanol–water partition coefficient (Wildman–Crippen LogP) is 2.04. The molecule has 1 unspecified atom stereocenters. The highest BCUT2D eigenvalue weighted by Crippen LogP contribution is 2.36. The van der Waals surface area contributed by atoms with Crippen LogP contribution in [0.4, 0.5) is 0 Å². The van der Waals surface area contributed by atoms with E-state index in [9.17, 15) is 4.79 Å². The van der Waals surface area contributed by atoms with Crippen LogP contribution in [-0.2, 0) is 4.79 Å². The van der Waals surface area contributed by atoms with E-state index in [1.165, 1.54) is 0 Å². The minimum atomic E-state index is -0.846. The fraction of sp³-hybridized carbons (Fsp3) is 0.417. The molecule has 1 aliphatic heterocycles. The standard InChI is InChI=1S/C12H14O4/c1-2-5-15-8-3-4-9-10(12(13)14)7-16-11(9)6-8/h3-4,6,10H,2,5,7H2,1H3,(H,13,14). The van der Waals surface area contributed by atoms with Gasteiger partial charge in [-0.2, -0.15) is 0 Å². The lowest BCUT2D eigenvalue weighted by molar-refractivity contribution is -0.138. The molecule has 1 aromatic rings. The molecule has 16 heavy (non-hydrogen) atoms. The van der Waals surface area contributed by atoms with Crippen molar-refractivity contribution >= 4 is 5.97 Å². The van der Waals surface area contributed by atoms with E-state index in [1.807, 2.05) is 6.92 Å². The quantitative estimate of drug-likeness (QED) is 0.846. The third-order valence-electron chi connectivity index (χ3n) is 2.54. The van der Waals surface area contributed by atoms with E-state index in [-0.39, 0.29) is 6.61 Å². The number of hydrogen-bond donors (Lipinski definition) is 1. The summed E-state index contributed by atoms with van der Waals surface area (Å²) in [6, 6.07) is 5.32. The van der Waals surface area contributed by atoms with Crippen molar-refractivity contribution in [2.24, 2.45) is 0 Å². The zero-order valence-corrected chi connectivity index (χ0v) is 9.10. The van der Waals surface area contributed by atoms with Crippen LogP contribution < -0.4 is 9.47 Å². The molecule has 1 atom stereocenters. The second-order valence-corrected chi connectivity index (χ2v) is 3.75. The van der Waals surface area contributed by atoms with Crippen molar-refractivity contribution in [3.63, 3.8) is 0 Å². The number of carboxylic acid groups (broad SMARTS) is 1. The van der Waals surface area contributed by atoms with Gasteiger partial charge in [-0.15, -0.1) is 0 Å². The molecule has 0 aromatic heterocycles. The summed E-state index contributed by atoms with van der Waals surface area (Å²) in [5.74, 6) is -0.0381. The number of carboxylic acids is 1. The van der Waals surface area contributed by atoms with E-state index >= 15 is 0 Å². The summed E-state index contributed by atoms with van der Waals surface area (Å²) in [4.78, 5) is 10.9. The average molecular weight is 222 g/mol. The molecule has 1 aromatic carbocycles.